The third kappa shape index (κ3) is 1.78. The predicted octanol–water partition coefficient (Wildman–Crippen LogP) is 2.90. The molecule has 3 aliphatic rings. The van der Waals surface area contributed by atoms with Crippen LogP contribution in [0.15, 0.2) is 0 Å². The molecule has 3 nitrogen and oxygen atoms in total. The lowest BCUT2D eigenvalue weighted by Gasteiger charge is -2.56. The van der Waals surface area contributed by atoms with Gasteiger partial charge in [-0.2, -0.15) is 0 Å². The van der Waals surface area contributed by atoms with E-state index in [1.54, 1.807) is 0 Å². The quantitative estimate of drug-likeness (QED) is 0.820. The molecule has 3 rings (SSSR count). The normalized spacial score (nSPS) is 39.7. The van der Waals surface area contributed by atoms with Crippen LogP contribution < -0.4 is 0 Å². The maximum atomic E-state index is 11.6. The van der Waals surface area contributed by atoms with Crippen molar-refractivity contribution in [2.45, 2.75) is 64.3 Å². The highest BCUT2D eigenvalue weighted by Crippen LogP contribution is 2.50. The maximum absolute atomic E-state index is 11.6. The highest BCUT2D eigenvalue weighted by atomic mass is 16.4. The molecule has 2 saturated carbocycles. The number of rotatable bonds is 2. The van der Waals surface area contributed by atoms with Crippen molar-refractivity contribution in [1.82, 2.24) is 4.90 Å². The van der Waals surface area contributed by atoms with Gasteiger partial charge in [0.15, 0.2) is 0 Å². The molecule has 2 atom stereocenters. The van der Waals surface area contributed by atoms with Gasteiger partial charge in [-0.05, 0) is 38.0 Å². The van der Waals surface area contributed by atoms with Crippen molar-refractivity contribution in [3.05, 3.63) is 0 Å². The van der Waals surface area contributed by atoms with Gasteiger partial charge >= 0.3 is 5.97 Å². The van der Waals surface area contributed by atoms with E-state index in [9.17, 15) is 9.90 Å². The van der Waals surface area contributed by atoms with Crippen LogP contribution in [0.3, 0.4) is 0 Å². The average molecular weight is 251 g/mol. The molecule has 0 amide bonds. The zero-order valence-corrected chi connectivity index (χ0v) is 11.5. The molecule has 1 spiro atoms. The Morgan fingerprint density at radius 2 is 1.72 bits per heavy atom. The smallest absolute Gasteiger partial charge is 0.310 e. The summed E-state index contributed by atoms with van der Waals surface area (Å²) in [6, 6.07) is 0.287. The maximum Gasteiger partial charge on any atom is 0.310 e. The number of likely N-dealkylation sites (tertiary alicyclic amines) is 1. The predicted molar refractivity (Wildman–Crippen MR) is 70.5 cm³/mol. The average Bonchev–Trinajstić information content (AvgIpc) is 2.77. The largest absolute Gasteiger partial charge is 0.481 e. The number of aliphatic carboxylic acids is 1. The highest BCUT2D eigenvalue weighted by molar-refractivity contribution is 5.75. The molecule has 1 heterocycles. The van der Waals surface area contributed by atoms with Gasteiger partial charge in [-0.15, -0.1) is 0 Å². The van der Waals surface area contributed by atoms with Gasteiger partial charge in [0, 0.05) is 19.1 Å². The number of nitrogens with zero attached hydrogens (tertiary/aromatic N) is 1. The van der Waals surface area contributed by atoms with Crippen LogP contribution in [0.4, 0.5) is 0 Å². The molecule has 0 aromatic carbocycles. The molecule has 3 heteroatoms. The van der Waals surface area contributed by atoms with Gasteiger partial charge in [0.2, 0.25) is 0 Å². The van der Waals surface area contributed by atoms with E-state index in [1.165, 1.54) is 45.2 Å². The molecule has 1 aliphatic heterocycles. The van der Waals surface area contributed by atoms with Gasteiger partial charge in [-0.1, -0.05) is 25.7 Å². The molecule has 1 N–H and O–H groups in total. The van der Waals surface area contributed by atoms with Crippen LogP contribution in [-0.4, -0.2) is 35.1 Å². The number of carboxylic acid groups (broad SMARTS) is 1. The first-order valence-corrected chi connectivity index (χ1v) is 7.53. The first kappa shape index (κ1) is 12.5. The second-order valence-electron chi connectivity index (χ2n) is 7.10. The summed E-state index contributed by atoms with van der Waals surface area (Å²) in [5.41, 5.74) is 0.0787. The summed E-state index contributed by atoms with van der Waals surface area (Å²) in [5.74, 6) is -0.584. The Labute approximate surface area is 110 Å². The Bertz CT molecular complexity index is 340. The molecular weight excluding hydrogens is 226 g/mol. The Morgan fingerprint density at radius 1 is 1.11 bits per heavy atom. The van der Waals surface area contributed by atoms with Gasteiger partial charge in [-0.3, -0.25) is 9.69 Å². The number of hydrogen-bond donors (Lipinski definition) is 1. The molecule has 18 heavy (non-hydrogen) atoms. The summed E-state index contributed by atoms with van der Waals surface area (Å²) in [6.45, 7) is 4.31. The molecular formula is C15H25NO2. The van der Waals surface area contributed by atoms with E-state index in [-0.39, 0.29) is 6.04 Å². The monoisotopic (exact) mass is 251 g/mol. The van der Waals surface area contributed by atoms with Crippen LogP contribution in [0.1, 0.15) is 58.3 Å². The van der Waals surface area contributed by atoms with Crippen molar-refractivity contribution in [1.29, 1.82) is 0 Å². The van der Waals surface area contributed by atoms with Crippen LogP contribution >= 0.6 is 0 Å². The van der Waals surface area contributed by atoms with Crippen LogP contribution in [-0.2, 0) is 4.79 Å². The van der Waals surface area contributed by atoms with Crippen LogP contribution in [0.5, 0.6) is 0 Å². The van der Waals surface area contributed by atoms with Crippen LogP contribution in [0, 0.1) is 10.8 Å². The van der Waals surface area contributed by atoms with Crippen molar-refractivity contribution >= 4 is 5.97 Å². The fourth-order valence-electron chi connectivity index (χ4n) is 4.63. The zero-order chi connectivity index (χ0) is 12.8. The van der Waals surface area contributed by atoms with E-state index in [2.05, 4.69) is 4.90 Å². The first-order valence-electron chi connectivity index (χ1n) is 7.53. The molecule has 0 radical (unpaired) electrons. The van der Waals surface area contributed by atoms with E-state index >= 15 is 0 Å². The molecule has 102 valence electrons. The van der Waals surface area contributed by atoms with Crippen molar-refractivity contribution < 1.29 is 9.90 Å². The summed E-state index contributed by atoms with van der Waals surface area (Å²) >= 11 is 0. The summed E-state index contributed by atoms with van der Waals surface area (Å²) < 4.78 is 0. The fourth-order valence-corrected chi connectivity index (χ4v) is 4.63. The van der Waals surface area contributed by atoms with Crippen molar-refractivity contribution in [3.63, 3.8) is 0 Å². The lowest BCUT2D eigenvalue weighted by molar-refractivity contribution is -0.161. The van der Waals surface area contributed by atoms with Gasteiger partial charge < -0.3 is 5.11 Å². The summed E-state index contributed by atoms with van der Waals surface area (Å²) in [4.78, 5) is 14.1. The Morgan fingerprint density at radius 3 is 2.33 bits per heavy atom. The third-order valence-corrected chi connectivity index (χ3v) is 5.83. The SMILES string of the molecule is CC1(C(=O)O)CCCCC1N1CC2(CCCC2)C1. The Kier molecular flexibility index (Phi) is 2.92. The minimum atomic E-state index is -0.584. The lowest BCUT2D eigenvalue weighted by Crippen LogP contribution is -2.64. The minimum Gasteiger partial charge on any atom is -0.481 e. The summed E-state index contributed by atoms with van der Waals surface area (Å²) in [6.07, 6.45) is 9.74. The molecule has 0 aromatic heterocycles. The zero-order valence-electron chi connectivity index (χ0n) is 11.5. The van der Waals surface area contributed by atoms with E-state index in [0.717, 1.165) is 19.3 Å². The number of carboxylic acids is 1. The van der Waals surface area contributed by atoms with Crippen LogP contribution in [0.2, 0.25) is 0 Å². The molecule has 2 unspecified atom stereocenters. The summed E-state index contributed by atoms with van der Waals surface area (Å²) in [5, 5.41) is 9.57. The first-order chi connectivity index (χ1) is 8.56. The molecule has 0 bridgehead atoms. The third-order valence-electron chi connectivity index (χ3n) is 5.83. The Hall–Kier alpha value is -0.570. The molecule has 3 fully saturated rings. The van der Waals surface area contributed by atoms with Crippen molar-refractivity contribution in [3.8, 4) is 0 Å². The second kappa shape index (κ2) is 4.22. The lowest BCUT2D eigenvalue weighted by atomic mass is 9.67. The van der Waals surface area contributed by atoms with Crippen molar-refractivity contribution in [2.75, 3.05) is 13.1 Å². The van der Waals surface area contributed by atoms with E-state index in [1.807, 2.05) is 6.92 Å². The topological polar surface area (TPSA) is 40.5 Å². The van der Waals surface area contributed by atoms with Gasteiger partial charge in [0.25, 0.3) is 0 Å². The fraction of sp³-hybridized carbons (Fsp3) is 0.933. The number of hydrogen-bond acceptors (Lipinski definition) is 2. The van der Waals surface area contributed by atoms with E-state index < -0.39 is 11.4 Å². The standard InChI is InChI=1S/C15H25NO2/c1-14(13(17)18)7-3-2-6-12(14)16-10-15(11-16)8-4-5-9-15/h12H,2-11H2,1H3,(H,17,18). The molecule has 0 aromatic rings. The Balaban J connectivity index is 1.69. The van der Waals surface area contributed by atoms with E-state index in [0.29, 0.717) is 5.41 Å². The van der Waals surface area contributed by atoms with Gasteiger partial charge in [-0.25, -0.2) is 0 Å². The minimum absolute atomic E-state index is 0.287. The highest BCUT2D eigenvalue weighted by Gasteiger charge is 2.53. The molecule has 1 saturated heterocycles. The van der Waals surface area contributed by atoms with Crippen LogP contribution in [0.25, 0.3) is 0 Å². The van der Waals surface area contributed by atoms with Gasteiger partial charge in [0.1, 0.15) is 0 Å². The number of carbonyl (C=O) groups is 1. The second-order valence-corrected chi connectivity index (χ2v) is 7.10. The molecule has 2 aliphatic carbocycles. The van der Waals surface area contributed by atoms with Gasteiger partial charge in [0.05, 0.1) is 5.41 Å². The van der Waals surface area contributed by atoms with Crippen molar-refractivity contribution in [2.24, 2.45) is 10.8 Å². The summed E-state index contributed by atoms with van der Waals surface area (Å²) in [7, 11) is 0. The van der Waals surface area contributed by atoms with E-state index in [4.69, 9.17) is 0 Å².